The first-order valence-corrected chi connectivity index (χ1v) is 8.60. The van der Waals surface area contributed by atoms with Gasteiger partial charge in [0.1, 0.15) is 5.82 Å². The Kier molecular flexibility index (Phi) is 4.51. The topological polar surface area (TPSA) is 46.2 Å². The average molecular weight is 423 g/mol. The fraction of sp³-hybridized carbons (Fsp3) is 0.0769. The number of sulfonamides is 1. The average Bonchev–Trinajstić information content (AvgIpc) is 2.35. The highest BCUT2D eigenvalue weighted by Crippen LogP contribution is 2.27. The van der Waals surface area contributed by atoms with Gasteiger partial charge in [0.25, 0.3) is 10.0 Å². The molecule has 0 aliphatic carbocycles. The molecule has 0 amide bonds. The minimum absolute atomic E-state index is 0.170. The summed E-state index contributed by atoms with van der Waals surface area (Å²) < 4.78 is 41.2. The fourth-order valence-corrected chi connectivity index (χ4v) is 4.08. The van der Waals surface area contributed by atoms with Crippen LogP contribution in [0.1, 0.15) is 5.56 Å². The van der Waals surface area contributed by atoms with E-state index in [4.69, 9.17) is 0 Å². The van der Waals surface area contributed by atoms with Gasteiger partial charge in [-0.05, 0) is 58.7 Å². The Morgan fingerprint density at radius 1 is 1.10 bits per heavy atom. The molecule has 0 heterocycles. The van der Waals surface area contributed by atoms with Gasteiger partial charge in [-0.1, -0.05) is 22.0 Å². The molecule has 0 saturated heterocycles. The second-order valence-corrected chi connectivity index (χ2v) is 7.56. The number of hydrogen-bond donors (Lipinski definition) is 1. The highest BCUT2D eigenvalue weighted by molar-refractivity contribution is 9.10. The molecular formula is C13H10Br2FNO2S. The van der Waals surface area contributed by atoms with Crippen LogP contribution in [0.25, 0.3) is 0 Å². The van der Waals surface area contributed by atoms with Crippen molar-refractivity contribution in [3.63, 3.8) is 0 Å². The highest BCUT2D eigenvalue weighted by atomic mass is 79.9. The molecule has 0 bridgehead atoms. The van der Waals surface area contributed by atoms with E-state index in [1.165, 1.54) is 24.3 Å². The van der Waals surface area contributed by atoms with E-state index in [-0.39, 0.29) is 10.6 Å². The Hall–Kier alpha value is -0.920. The Morgan fingerprint density at radius 2 is 1.80 bits per heavy atom. The van der Waals surface area contributed by atoms with E-state index in [9.17, 15) is 12.8 Å². The van der Waals surface area contributed by atoms with Crippen molar-refractivity contribution in [1.82, 2.24) is 0 Å². The summed E-state index contributed by atoms with van der Waals surface area (Å²) in [5.74, 6) is -0.446. The van der Waals surface area contributed by atoms with Crippen molar-refractivity contribution in [2.24, 2.45) is 0 Å². The molecule has 7 heteroatoms. The van der Waals surface area contributed by atoms with E-state index in [0.29, 0.717) is 14.5 Å². The smallest absolute Gasteiger partial charge is 0.262 e. The van der Waals surface area contributed by atoms with Crippen LogP contribution in [-0.2, 0) is 10.0 Å². The Labute approximate surface area is 133 Å². The zero-order valence-electron chi connectivity index (χ0n) is 10.3. The largest absolute Gasteiger partial charge is 0.278 e. The van der Waals surface area contributed by atoms with Crippen LogP contribution in [0.4, 0.5) is 10.1 Å². The van der Waals surface area contributed by atoms with Crippen molar-refractivity contribution in [2.75, 3.05) is 4.72 Å². The molecule has 0 atom stereocenters. The maximum Gasteiger partial charge on any atom is 0.262 e. The molecule has 2 rings (SSSR count). The van der Waals surface area contributed by atoms with Crippen LogP contribution in [0, 0.1) is 12.7 Å². The number of rotatable bonds is 3. The number of anilines is 1. The number of aryl methyl sites for hydroxylation is 1. The lowest BCUT2D eigenvalue weighted by atomic mass is 10.2. The minimum Gasteiger partial charge on any atom is -0.278 e. The van der Waals surface area contributed by atoms with Crippen molar-refractivity contribution in [3.8, 4) is 0 Å². The molecule has 0 spiro atoms. The predicted octanol–water partition coefficient (Wildman–Crippen LogP) is 4.46. The van der Waals surface area contributed by atoms with E-state index >= 15 is 0 Å². The van der Waals surface area contributed by atoms with Gasteiger partial charge in [-0.15, -0.1) is 0 Å². The predicted molar refractivity (Wildman–Crippen MR) is 83.8 cm³/mol. The quantitative estimate of drug-likeness (QED) is 0.793. The van der Waals surface area contributed by atoms with Crippen molar-refractivity contribution < 1.29 is 12.8 Å². The standard InChI is InChI=1S/C13H10Br2FNO2S/c1-8-2-3-9(14)6-13(8)20(18,19)17-12-5-4-10(16)7-11(12)15/h2-7,17H,1H3. The fourth-order valence-electron chi connectivity index (χ4n) is 1.64. The summed E-state index contributed by atoms with van der Waals surface area (Å²) in [4.78, 5) is 0.170. The zero-order valence-corrected chi connectivity index (χ0v) is 14.3. The van der Waals surface area contributed by atoms with Gasteiger partial charge < -0.3 is 0 Å². The van der Waals surface area contributed by atoms with Crippen LogP contribution in [0.3, 0.4) is 0 Å². The summed E-state index contributed by atoms with van der Waals surface area (Å²) in [6.45, 7) is 1.71. The monoisotopic (exact) mass is 421 g/mol. The number of hydrogen-bond acceptors (Lipinski definition) is 2. The first-order chi connectivity index (χ1) is 9.29. The van der Waals surface area contributed by atoms with Gasteiger partial charge >= 0.3 is 0 Å². The van der Waals surface area contributed by atoms with Crippen LogP contribution < -0.4 is 4.72 Å². The van der Waals surface area contributed by atoms with Crippen LogP contribution in [0.15, 0.2) is 50.2 Å². The second kappa shape index (κ2) is 5.83. The van der Waals surface area contributed by atoms with Crippen molar-refractivity contribution in [1.29, 1.82) is 0 Å². The van der Waals surface area contributed by atoms with Gasteiger partial charge in [-0.2, -0.15) is 0 Å². The summed E-state index contributed by atoms with van der Waals surface area (Å²) in [6.07, 6.45) is 0. The first kappa shape index (κ1) is 15.5. The molecule has 106 valence electrons. The Bertz CT molecular complexity index is 763. The van der Waals surface area contributed by atoms with Crippen LogP contribution >= 0.6 is 31.9 Å². The van der Waals surface area contributed by atoms with Gasteiger partial charge in [-0.3, -0.25) is 4.72 Å². The van der Waals surface area contributed by atoms with E-state index < -0.39 is 15.8 Å². The zero-order chi connectivity index (χ0) is 14.9. The summed E-state index contributed by atoms with van der Waals surface area (Å²) in [7, 11) is -3.73. The molecule has 0 fully saturated rings. The van der Waals surface area contributed by atoms with Gasteiger partial charge in [0, 0.05) is 8.95 Å². The summed E-state index contributed by atoms with van der Waals surface area (Å²) in [6, 6.07) is 8.75. The van der Waals surface area contributed by atoms with Crippen molar-refractivity contribution in [2.45, 2.75) is 11.8 Å². The Morgan fingerprint density at radius 3 is 2.45 bits per heavy atom. The third-order valence-electron chi connectivity index (χ3n) is 2.62. The Balaban J connectivity index is 2.43. The minimum atomic E-state index is -3.73. The van der Waals surface area contributed by atoms with Gasteiger partial charge in [0.05, 0.1) is 10.6 Å². The molecule has 0 aromatic heterocycles. The molecule has 0 aliphatic heterocycles. The molecule has 2 aromatic rings. The van der Waals surface area contributed by atoms with Gasteiger partial charge in [-0.25, -0.2) is 12.8 Å². The van der Waals surface area contributed by atoms with Crippen LogP contribution in [0.2, 0.25) is 0 Å². The van der Waals surface area contributed by atoms with Crippen molar-refractivity contribution in [3.05, 3.63) is 56.7 Å². The maximum absolute atomic E-state index is 13.0. The molecule has 3 nitrogen and oxygen atoms in total. The molecular weight excluding hydrogens is 413 g/mol. The van der Waals surface area contributed by atoms with Crippen LogP contribution in [0.5, 0.6) is 0 Å². The summed E-state index contributed by atoms with van der Waals surface area (Å²) in [5, 5.41) is 0. The lowest BCUT2D eigenvalue weighted by molar-refractivity contribution is 0.600. The highest BCUT2D eigenvalue weighted by Gasteiger charge is 2.18. The first-order valence-electron chi connectivity index (χ1n) is 5.53. The lowest BCUT2D eigenvalue weighted by Crippen LogP contribution is -2.14. The maximum atomic E-state index is 13.0. The lowest BCUT2D eigenvalue weighted by Gasteiger charge is -2.12. The third kappa shape index (κ3) is 3.39. The number of benzene rings is 2. The number of halogens is 3. The molecule has 20 heavy (non-hydrogen) atoms. The SMILES string of the molecule is Cc1ccc(Br)cc1S(=O)(=O)Nc1ccc(F)cc1Br. The van der Waals surface area contributed by atoms with E-state index in [2.05, 4.69) is 36.6 Å². The third-order valence-corrected chi connectivity index (χ3v) is 5.27. The molecule has 1 N–H and O–H groups in total. The van der Waals surface area contributed by atoms with Gasteiger partial charge in [0.15, 0.2) is 0 Å². The summed E-state index contributed by atoms with van der Waals surface area (Å²) >= 11 is 6.38. The van der Waals surface area contributed by atoms with E-state index in [0.717, 1.165) is 0 Å². The molecule has 0 radical (unpaired) electrons. The van der Waals surface area contributed by atoms with Gasteiger partial charge in [0.2, 0.25) is 0 Å². The van der Waals surface area contributed by atoms with Crippen LogP contribution in [-0.4, -0.2) is 8.42 Å². The molecule has 0 saturated carbocycles. The number of nitrogens with one attached hydrogen (secondary N) is 1. The summed E-state index contributed by atoms with van der Waals surface area (Å²) in [5.41, 5.74) is 0.907. The van der Waals surface area contributed by atoms with E-state index in [1.807, 2.05) is 0 Å². The molecule has 0 unspecified atom stereocenters. The normalized spacial score (nSPS) is 11.4. The van der Waals surface area contributed by atoms with Crippen molar-refractivity contribution >= 4 is 47.6 Å². The second-order valence-electron chi connectivity index (χ2n) is 4.14. The molecule has 2 aromatic carbocycles. The van der Waals surface area contributed by atoms with E-state index in [1.54, 1.807) is 19.1 Å². The molecule has 0 aliphatic rings.